The third kappa shape index (κ3) is 4.45. The van der Waals surface area contributed by atoms with Crippen LogP contribution in [0.1, 0.15) is 26.7 Å². The van der Waals surface area contributed by atoms with Crippen LogP contribution in [-0.4, -0.2) is 50.0 Å². The number of piperidine rings is 1. The number of rotatable bonds is 7. The molecule has 2 rings (SSSR count). The van der Waals surface area contributed by atoms with Gasteiger partial charge in [0, 0.05) is 17.8 Å². The van der Waals surface area contributed by atoms with E-state index >= 15 is 0 Å². The second-order valence-corrected chi connectivity index (χ2v) is 6.16. The van der Waals surface area contributed by atoms with E-state index in [4.69, 9.17) is 4.74 Å². The van der Waals surface area contributed by atoms with E-state index in [0.29, 0.717) is 17.8 Å². The molecule has 1 heterocycles. The molecule has 6 nitrogen and oxygen atoms in total. The molecule has 0 saturated carbocycles. The third-order valence-corrected chi connectivity index (χ3v) is 4.04. The minimum absolute atomic E-state index is 0.0227. The van der Waals surface area contributed by atoms with Crippen LogP contribution >= 0.6 is 0 Å². The van der Waals surface area contributed by atoms with Crippen LogP contribution in [0.25, 0.3) is 0 Å². The highest BCUT2D eigenvalue weighted by atomic mass is 16.5. The molecule has 1 saturated heterocycles. The van der Waals surface area contributed by atoms with Gasteiger partial charge in [0.25, 0.3) is 0 Å². The lowest BCUT2D eigenvalue weighted by molar-refractivity contribution is -0.108. The zero-order valence-corrected chi connectivity index (χ0v) is 14.0. The lowest BCUT2D eigenvalue weighted by Crippen LogP contribution is -2.43. The predicted molar refractivity (Wildman–Crippen MR) is 91.0 cm³/mol. The Morgan fingerprint density at radius 2 is 2.00 bits per heavy atom. The Balaban J connectivity index is 2.25. The summed E-state index contributed by atoms with van der Waals surface area (Å²) in [5, 5.41) is 2.63. The summed E-state index contributed by atoms with van der Waals surface area (Å²) in [6.07, 6.45) is 3.38. The molecule has 0 radical (unpaired) electrons. The van der Waals surface area contributed by atoms with Crippen molar-refractivity contribution in [2.45, 2.75) is 38.8 Å². The maximum absolute atomic E-state index is 11.6. The minimum Gasteiger partial charge on any atom is -0.489 e. The standard InChI is InChI=1S/C17H25N3O3/c1-13(2)23-17-10-15(4-5-16(17)18-11-21)20(12-22)14-6-8-19(3)9-7-14/h4-5,10-14H,6-9H2,1-3H3,(H,18,21). The van der Waals surface area contributed by atoms with Crippen LogP contribution in [0.15, 0.2) is 18.2 Å². The molecule has 0 atom stereocenters. The SMILES string of the molecule is CC(C)Oc1cc(N(C=O)C2CCN(C)CC2)ccc1NC=O. The number of amides is 2. The Kier molecular flexibility index (Phi) is 5.98. The van der Waals surface area contributed by atoms with Crippen LogP contribution in [0, 0.1) is 0 Å². The van der Waals surface area contributed by atoms with Crippen molar-refractivity contribution in [1.82, 2.24) is 4.90 Å². The van der Waals surface area contributed by atoms with Crippen molar-refractivity contribution in [3.8, 4) is 5.75 Å². The molecule has 1 aromatic rings. The quantitative estimate of drug-likeness (QED) is 0.782. The van der Waals surface area contributed by atoms with Gasteiger partial charge in [0.15, 0.2) is 0 Å². The Labute approximate surface area is 137 Å². The van der Waals surface area contributed by atoms with Crippen molar-refractivity contribution in [3.63, 3.8) is 0 Å². The maximum atomic E-state index is 11.6. The van der Waals surface area contributed by atoms with Gasteiger partial charge in [0.1, 0.15) is 5.75 Å². The topological polar surface area (TPSA) is 61.9 Å². The highest BCUT2D eigenvalue weighted by Crippen LogP contribution is 2.32. The van der Waals surface area contributed by atoms with Crippen molar-refractivity contribution >= 4 is 24.2 Å². The molecule has 1 N–H and O–H groups in total. The summed E-state index contributed by atoms with van der Waals surface area (Å²) < 4.78 is 5.77. The third-order valence-electron chi connectivity index (χ3n) is 4.04. The fourth-order valence-corrected chi connectivity index (χ4v) is 2.84. The maximum Gasteiger partial charge on any atom is 0.214 e. The first-order chi connectivity index (χ1) is 11.0. The molecule has 0 spiro atoms. The predicted octanol–water partition coefficient (Wildman–Crippen LogP) is 2.10. The van der Waals surface area contributed by atoms with E-state index in [1.807, 2.05) is 26.0 Å². The van der Waals surface area contributed by atoms with Gasteiger partial charge in [-0.15, -0.1) is 0 Å². The molecule has 2 amide bonds. The number of anilines is 2. The summed E-state index contributed by atoms with van der Waals surface area (Å²) >= 11 is 0. The average molecular weight is 319 g/mol. The Morgan fingerprint density at radius 1 is 1.30 bits per heavy atom. The average Bonchev–Trinajstić information content (AvgIpc) is 2.52. The van der Waals surface area contributed by atoms with Crippen LogP contribution in [0.2, 0.25) is 0 Å². The largest absolute Gasteiger partial charge is 0.489 e. The summed E-state index contributed by atoms with van der Waals surface area (Å²) in [5.41, 5.74) is 1.40. The molecule has 1 aromatic carbocycles. The fourth-order valence-electron chi connectivity index (χ4n) is 2.84. The summed E-state index contributed by atoms with van der Waals surface area (Å²) in [6, 6.07) is 5.62. The number of hydrogen-bond donors (Lipinski definition) is 1. The zero-order chi connectivity index (χ0) is 16.8. The van der Waals surface area contributed by atoms with Gasteiger partial charge in [0.2, 0.25) is 12.8 Å². The van der Waals surface area contributed by atoms with Crippen LogP contribution in [0.5, 0.6) is 5.75 Å². The van der Waals surface area contributed by atoms with Gasteiger partial charge < -0.3 is 19.9 Å². The highest BCUT2D eigenvalue weighted by Gasteiger charge is 2.24. The van der Waals surface area contributed by atoms with E-state index in [-0.39, 0.29) is 12.1 Å². The van der Waals surface area contributed by atoms with Crippen molar-refractivity contribution in [3.05, 3.63) is 18.2 Å². The van der Waals surface area contributed by atoms with Gasteiger partial charge >= 0.3 is 0 Å². The van der Waals surface area contributed by atoms with E-state index in [9.17, 15) is 9.59 Å². The van der Waals surface area contributed by atoms with Crippen molar-refractivity contribution in [2.75, 3.05) is 30.4 Å². The smallest absolute Gasteiger partial charge is 0.214 e. The minimum atomic E-state index is -0.0227. The van der Waals surface area contributed by atoms with Crippen LogP contribution in [0.4, 0.5) is 11.4 Å². The summed E-state index contributed by atoms with van der Waals surface area (Å²) in [4.78, 5) is 26.4. The first-order valence-corrected chi connectivity index (χ1v) is 7.98. The van der Waals surface area contributed by atoms with Crippen molar-refractivity contribution in [2.24, 2.45) is 0 Å². The molecule has 126 valence electrons. The van der Waals surface area contributed by atoms with E-state index in [2.05, 4.69) is 17.3 Å². The zero-order valence-electron chi connectivity index (χ0n) is 14.0. The molecule has 1 aliphatic heterocycles. The first-order valence-electron chi connectivity index (χ1n) is 7.98. The first kappa shape index (κ1) is 17.3. The van der Waals surface area contributed by atoms with Gasteiger partial charge in [-0.05, 0) is 59.0 Å². The number of ether oxygens (including phenoxy) is 1. The molecule has 0 aliphatic carbocycles. The second-order valence-electron chi connectivity index (χ2n) is 6.16. The number of nitrogens with zero attached hydrogens (tertiary/aromatic N) is 2. The Hall–Kier alpha value is -2.08. The van der Waals surface area contributed by atoms with Gasteiger partial charge in [-0.2, -0.15) is 0 Å². The number of carbonyl (C=O) groups excluding carboxylic acids is 2. The van der Waals surface area contributed by atoms with Gasteiger partial charge in [-0.25, -0.2) is 0 Å². The summed E-state index contributed by atoms with van der Waals surface area (Å²) in [5.74, 6) is 0.573. The Bertz CT molecular complexity index is 540. The molecule has 1 fully saturated rings. The molecule has 6 heteroatoms. The van der Waals surface area contributed by atoms with Gasteiger partial charge in [-0.3, -0.25) is 9.59 Å². The number of nitrogens with one attached hydrogen (secondary N) is 1. The summed E-state index contributed by atoms with van der Waals surface area (Å²) in [6.45, 7) is 5.81. The molecule has 0 aromatic heterocycles. The number of hydrogen-bond acceptors (Lipinski definition) is 4. The van der Waals surface area contributed by atoms with Gasteiger partial charge in [-0.1, -0.05) is 0 Å². The molecular formula is C17H25N3O3. The van der Waals surface area contributed by atoms with Crippen LogP contribution < -0.4 is 15.0 Å². The Morgan fingerprint density at radius 3 is 2.57 bits per heavy atom. The number of benzene rings is 1. The van der Waals surface area contributed by atoms with Gasteiger partial charge in [0.05, 0.1) is 11.8 Å². The lowest BCUT2D eigenvalue weighted by Gasteiger charge is -2.35. The van der Waals surface area contributed by atoms with Crippen molar-refractivity contribution < 1.29 is 14.3 Å². The number of likely N-dealkylation sites (tertiary alicyclic amines) is 1. The monoisotopic (exact) mass is 319 g/mol. The second kappa shape index (κ2) is 7.97. The number of carbonyl (C=O) groups is 2. The van der Waals surface area contributed by atoms with E-state index in [0.717, 1.165) is 38.0 Å². The molecule has 1 aliphatic rings. The molecular weight excluding hydrogens is 294 g/mol. The normalized spacial score (nSPS) is 16.2. The van der Waals surface area contributed by atoms with Crippen molar-refractivity contribution in [1.29, 1.82) is 0 Å². The highest BCUT2D eigenvalue weighted by molar-refractivity contribution is 5.81. The van der Waals surface area contributed by atoms with Crippen LogP contribution in [-0.2, 0) is 9.59 Å². The lowest BCUT2D eigenvalue weighted by atomic mass is 10.0. The van der Waals surface area contributed by atoms with Crippen LogP contribution in [0.3, 0.4) is 0 Å². The van der Waals surface area contributed by atoms with E-state index < -0.39 is 0 Å². The molecule has 0 unspecified atom stereocenters. The van der Waals surface area contributed by atoms with E-state index in [1.54, 1.807) is 11.0 Å². The summed E-state index contributed by atoms with van der Waals surface area (Å²) in [7, 11) is 2.09. The van der Waals surface area contributed by atoms with E-state index in [1.165, 1.54) is 0 Å². The molecule has 23 heavy (non-hydrogen) atoms. The fraction of sp³-hybridized carbons (Fsp3) is 0.529. The molecule has 0 bridgehead atoms.